The van der Waals surface area contributed by atoms with E-state index >= 15 is 0 Å². The van der Waals surface area contributed by atoms with Gasteiger partial charge in [-0.2, -0.15) is 0 Å². The van der Waals surface area contributed by atoms with Crippen molar-refractivity contribution in [1.82, 2.24) is 4.90 Å². The van der Waals surface area contributed by atoms with Gasteiger partial charge in [-0.1, -0.05) is 12.2 Å². The van der Waals surface area contributed by atoms with Gasteiger partial charge in [-0.25, -0.2) is 9.69 Å². The molecule has 0 N–H and O–H groups in total. The minimum absolute atomic E-state index is 0.149. The summed E-state index contributed by atoms with van der Waals surface area (Å²) in [5, 5.41) is 0. The van der Waals surface area contributed by atoms with E-state index < -0.39 is 11.7 Å². The van der Waals surface area contributed by atoms with Gasteiger partial charge in [0.2, 0.25) is 5.91 Å². The Morgan fingerprint density at radius 3 is 2.65 bits per heavy atom. The molecule has 0 radical (unpaired) electrons. The number of ether oxygens (including phenoxy) is 1. The smallest absolute Gasteiger partial charge is 0.417 e. The van der Waals surface area contributed by atoms with Crippen molar-refractivity contribution >= 4 is 12.0 Å². The zero-order valence-electron chi connectivity index (χ0n) is 11.0. The molecule has 0 aliphatic carbocycles. The molecular formula is C13H21NO3. The van der Waals surface area contributed by atoms with Crippen molar-refractivity contribution in [2.24, 2.45) is 5.92 Å². The number of carbonyl (C=O) groups is 2. The number of carbonyl (C=O) groups excluding carboxylic acids is 2. The molecule has 0 saturated carbocycles. The van der Waals surface area contributed by atoms with Crippen LogP contribution in [0.15, 0.2) is 12.2 Å². The third-order valence-electron chi connectivity index (χ3n) is 2.52. The van der Waals surface area contributed by atoms with Crippen molar-refractivity contribution in [3.8, 4) is 0 Å². The van der Waals surface area contributed by atoms with Crippen LogP contribution in [0.5, 0.6) is 0 Å². The van der Waals surface area contributed by atoms with Crippen molar-refractivity contribution in [2.45, 2.75) is 46.1 Å². The van der Waals surface area contributed by atoms with Crippen LogP contribution < -0.4 is 0 Å². The Hall–Kier alpha value is -1.32. The van der Waals surface area contributed by atoms with Crippen molar-refractivity contribution < 1.29 is 14.3 Å². The highest BCUT2D eigenvalue weighted by Gasteiger charge is 2.33. The Kier molecular flexibility index (Phi) is 4.32. The number of rotatable bonds is 1. The molecular weight excluding hydrogens is 218 g/mol. The van der Waals surface area contributed by atoms with Gasteiger partial charge < -0.3 is 4.74 Å². The lowest BCUT2D eigenvalue weighted by molar-refractivity contribution is -0.135. The number of piperidine rings is 1. The Balaban J connectivity index is 2.70. The minimum atomic E-state index is -0.565. The summed E-state index contributed by atoms with van der Waals surface area (Å²) in [7, 11) is 0. The van der Waals surface area contributed by atoms with Gasteiger partial charge in [0.25, 0.3) is 0 Å². The average Bonchev–Trinajstić information content (AvgIpc) is 2.18. The zero-order chi connectivity index (χ0) is 13.1. The molecule has 1 aliphatic heterocycles. The van der Waals surface area contributed by atoms with Gasteiger partial charge in [-0.05, 0) is 40.5 Å². The van der Waals surface area contributed by atoms with Crippen LogP contribution in [0.1, 0.15) is 40.5 Å². The number of allylic oxidation sites excluding steroid dienone is 1. The maximum absolute atomic E-state index is 12.0. The van der Waals surface area contributed by atoms with E-state index in [4.69, 9.17) is 4.74 Å². The zero-order valence-corrected chi connectivity index (χ0v) is 11.0. The SMILES string of the molecule is C/C=C/C1CCCN(C(=O)OC(C)(C)C)C1=O. The molecule has 0 bridgehead atoms. The molecule has 1 heterocycles. The van der Waals surface area contributed by atoms with Crippen LogP contribution >= 0.6 is 0 Å². The lowest BCUT2D eigenvalue weighted by atomic mass is 9.97. The normalized spacial score (nSPS) is 22.0. The highest BCUT2D eigenvalue weighted by atomic mass is 16.6. The summed E-state index contributed by atoms with van der Waals surface area (Å²) in [6.07, 6.45) is 4.80. The Morgan fingerprint density at radius 2 is 2.12 bits per heavy atom. The first-order valence-electron chi connectivity index (χ1n) is 6.02. The number of hydrogen-bond acceptors (Lipinski definition) is 3. The average molecular weight is 239 g/mol. The van der Waals surface area contributed by atoms with Crippen molar-refractivity contribution in [3.05, 3.63) is 12.2 Å². The second-order valence-corrected chi connectivity index (χ2v) is 5.24. The standard InChI is InChI=1S/C13H21NO3/c1-5-7-10-8-6-9-14(11(10)15)12(16)17-13(2,3)4/h5,7,10H,6,8-9H2,1-4H3/b7-5+. The predicted molar refractivity (Wildman–Crippen MR) is 65.5 cm³/mol. The number of imide groups is 1. The van der Waals surface area contributed by atoms with E-state index in [2.05, 4.69) is 0 Å². The number of likely N-dealkylation sites (tertiary alicyclic amines) is 1. The van der Waals surface area contributed by atoms with Gasteiger partial charge in [0.15, 0.2) is 0 Å². The largest absolute Gasteiger partial charge is 0.443 e. The molecule has 1 unspecified atom stereocenters. The highest BCUT2D eigenvalue weighted by molar-refractivity contribution is 5.94. The van der Waals surface area contributed by atoms with E-state index in [1.807, 2.05) is 19.1 Å². The molecule has 1 aliphatic rings. The molecule has 0 spiro atoms. The summed E-state index contributed by atoms with van der Waals surface area (Å²) < 4.78 is 5.22. The lowest BCUT2D eigenvalue weighted by Gasteiger charge is -2.31. The first kappa shape index (κ1) is 13.7. The molecule has 1 rings (SSSR count). The quantitative estimate of drug-likeness (QED) is 0.661. The predicted octanol–water partition coefficient (Wildman–Crippen LogP) is 2.74. The summed E-state index contributed by atoms with van der Waals surface area (Å²) in [4.78, 5) is 25.1. The van der Waals surface area contributed by atoms with Gasteiger partial charge >= 0.3 is 6.09 Å². The summed E-state index contributed by atoms with van der Waals surface area (Å²) >= 11 is 0. The van der Waals surface area contributed by atoms with E-state index in [-0.39, 0.29) is 11.8 Å². The van der Waals surface area contributed by atoms with Crippen LogP contribution in [0.2, 0.25) is 0 Å². The monoisotopic (exact) mass is 239 g/mol. The Labute approximate surface area is 103 Å². The van der Waals surface area contributed by atoms with Crippen LogP contribution in [0, 0.1) is 5.92 Å². The molecule has 96 valence electrons. The fourth-order valence-corrected chi connectivity index (χ4v) is 1.81. The van der Waals surface area contributed by atoms with E-state index in [0.717, 1.165) is 12.8 Å². The number of hydrogen-bond donors (Lipinski definition) is 0. The maximum Gasteiger partial charge on any atom is 0.417 e. The van der Waals surface area contributed by atoms with Gasteiger partial charge in [0, 0.05) is 6.54 Å². The third kappa shape index (κ3) is 3.88. The van der Waals surface area contributed by atoms with Crippen LogP contribution in [0.25, 0.3) is 0 Å². The van der Waals surface area contributed by atoms with E-state index in [1.165, 1.54) is 4.90 Å². The molecule has 1 fully saturated rings. The Morgan fingerprint density at radius 1 is 1.47 bits per heavy atom. The second-order valence-electron chi connectivity index (χ2n) is 5.24. The van der Waals surface area contributed by atoms with E-state index in [9.17, 15) is 9.59 Å². The van der Waals surface area contributed by atoms with E-state index in [1.54, 1.807) is 20.8 Å². The topological polar surface area (TPSA) is 46.6 Å². The lowest BCUT2D eigenvalue weighted by Crippen LogP contribution is -2.46. The summed E-state index contributed by atoms with van der Waals surface area (Å²) in [5.74, 6) is -0.329. The summed E-state index contributed by atoms with van der Waals surface area (Å²) in [6, 6.07) is 0. The van der Waals surface area contributed by atoms with Crippen molar-refractivity contribution in [3.63, 3.8) is 0 Å². The van der Waals surface area contributed by atoms with Crippen LogP contribution in [-0.2, 0) is 9.53 Å². The molecule has 2 amide bonds. The van der Waals surface area contributed by atoms with Gasteiger partial charge in [0.1, 0.15) is 5.60 Å². The third-order valence-corrected chi connectivity index (χ3v) is 2.52. The molecule has 1 saturated heterocycles. The molecule has 0 aromatic carbocycles. The molecule has 1 atom stereocenters. The first-order chi connectivity index (χ1) is 7.85. The van der Waals surface area contributed by atoms with Gasteiger partial charge in [-0.15, -0.1) is 0 Å². The Bertz CT molecular complexity index is 328. The van der Waals surface area contributed by atoms with Gasteiger partial charge in [0.05, 0.1) is 5.92 Å². The highest BCUT2D eigenvalue weighted by Crippen LogP contribution is 2.21. The first-order valence-corrected chi connectivity index (χ1v) is 6.02. The van der Waals surface area contributed by atoms with Crippen molar-refractivity contribution in [2.75, 3.05) is 6.54 Å². The maximum atomic E-state index is 12.0. The molecule has 0 aromatic rings. The molecule has 0 aromatic heterocycles. The van der Waals surface area contributed by atoms with Gasteiger partial charge in [-0.3, -0.25) is 4.79 Å². The molecule has 4 heteroatoms. The number of nitrogens with zero attached hydrogens (tertiary/aromatic N) is 1. The minimum Gasteiger partial charge on any atom is -0.443 e. The number of amides is 2. The van der Waals surface area contributed by atoms with E-state index in [0.29, 0.717) is 6.54 Å². The summed E-state index contributed by atoms with van der Waals surface area (Å²) in [5.41, 5.74) is -0.565. The fraction of sp³-hybridized carbons (Fsp3) is 0.692. The van der Waals surface area contributed by atoms with Crippen molar-refractivity contribution in [1.29, 1.82) is 0 Å². The molecule has 17 heavy (non-hydrogen) atoms. The van der Waals surface area contributed by atoms with Crippen LogP contribution in [0.4, 0.5) is 4.79 Å². The fourth-order valence-electron chi connectivity index (χ4n) is 1.81. The van der Waals surface area contributed by atoms with Crippen LogP contribution in [0.3, 0.4) is 0 Å². The van der Waals surface area contributed by atoms with Crippen LogP contribution in [-0.4, -0.2) is 29.0 Å². The summed E-state index contributed by atoms with van der Waals surface area (Å²) in [6.45, 7) is 7.72. The second kappa shape index (κ2) is 5.34. The molecule has 4 nitrogen and oxygen atoms in total.